The number of hydrogen-bond acceptors (Lipinski definition) is 4. The summed E-state index contributed by atoms with van der Waals surface area (Å²) in [6, 6.07) is 7.58. The van der Waals surface area contributed by atoms with E-state index in [9.17, 15) is 4.79 Å². The highest BCUT2D eigenvalue weighted by Gasteiger charge is 2.34. The minimum absolute atomic E-state index is 0.272. The van der Waals surface area contributed by atoms with Gasteiger partial charge in [0.25, 0.3) is 0 Å². The molecule has 1 fully saturated rings. The first kappa shape index (κ1) is 16.2. The zero-order chi connectivity index (χ0) is 16.3. The molecule has 0 aliphatic carbocycles. The molecule has 0 atom stereocenters. The van der Waals surface area contributed by atoms with Gasteiger partial charge in [0.05, 0.1) is 18.2 Å². The Bertz CT molecular complexity index is 593. The lowest BCUT2D eigenvalue weighted by molar-refractivity contribution is -0.00781. The van der Waals surface area contributed by atoms with E-state index in [4.69, 9.17) is 14.7 Å². The third-order valence-electron chi connectivity index (χ3n) is 3.27. The average Bonchev–Trinajstić information content (AvgIpc) is 2.33. The van der Waals surface area contributed by atoms with Crippen molar-refractivity contribution in [2.45, 2.75) is 33.3 Å². The lowest BCUT2D eigenvalue weighted by Crippen LogP contribution is -2.53. The number of hydrogen-bond donors (Lipinski definition) is 0. The van der Waals surface area contributed by atoms with Gasteiger partial charge in [-0.2, -0.15) is 5.26 Å². The Hall–Kier alpha value is -2.22. The van der Waals surface area contributed by atoms with Crippen LogP contribution in [0.3, 0.4) is 0 Å². The molecule has 5 nitrogen and oxygen atoms in total. The highest BCUT2D eigenvalue weighted by atomic mass is 16.6. The predicted molar refractivity (Wildman–Crippen MR) is 82.7 cm³/mol. The number of rotatable bonds is 3. The summed E-state index contributed by atoms with van der Waals surface area (Å²) in [6.45, 7) is 9.33. The van der Waals surface area contributed by atoms with Crippen LogP contribution >= 0.6 is 0 Å². The second kappa shape index (κ2) is 6.27. The SMILES string of the molecule is Cc1cc(C#N)cc(OCC2CN(C(=O)OC(C)(C)C)C2)c1. The van der Waals surface area contributed by atoms with E-state index in [1.807, 2.05) is 39.8 Å². The van der Waals surface area contributed by atoms with Crippen LogP contribution in [0.5, 0.6) is 5.75 Å². The van der Waals surface area contributed by atoms with Crippen molar-refractivity contribution in [1.82, 2.24) is 4.90 Å². The van der Waals surface area contributed by atoms with Gasteiger partial charge in [0.2, 0.25) is 0 Å². The fourth-order valence-corrected chi connectivity index (χ4v) is 2.26. The Balaban J connectivity index is 1.78. The van der Waals surface area contributed by atoms with E-state index < -0.39 is 5.60 Å². The summed E-state index contributed by atoms with van der Waals surface area (Å²) in [5, 5.41) is 8.95. The standard InChI is InChI=1S/C17H22N2O3/c1-12-5-13(8-18)7-15(6-12)21-11-14-9-19(10-14)16(20)22-17(2,3)4/h5-7,14H,9-11H2,1-4H3. The van der Waals surface area contributed by atoms with Gasteiger partial charge in [0.15, 0.2) is 0 Å². The molecule has 0 radical (unpaired) electrons. The molecule has 118 valence electrons. The fourth-order valence-electron chi connectivity index (χ4n) is 2.26. The number of ether oxygens (including phenoxy) is 2. The molecule has 0 unspecified atom stereocenters. The van der Waals surface area contributed by atoms with Crippen molar-refractivity contribution >= 4 is 6.09 Å². The number of benzene rings is 1. The summed E-state index contributed by atoms with van der Waals surface area (Å²) in [6.07, 6.45) is -0.272. The van der Waals surface area contributed by atoms with E-state index in [2.05, 4.69) is 6.07 Å². The molecule has 1 aromatic rings. The second-order valence-corrected chi connectivity index (χ2v) is 6.71. The normalized spacial score (nSPS) is 15.0. The first-order valence-corrected chi connectivity index (χ1v) is 7.39. The molecule has 2 rings (SSSR count). The van der Waals surface area contributed by atoms with Gasteiger partial charge in [-0.1, -0.05) is 0 Å². The Kier molecular flexibility index (Phi) is 4.60. The smallest absolute Gasteiger partial charge is 0.410 e. The van der Waals surface area contributed by atoms with Crippen LogP contribution in [0, 0.1) is 24.2 Å². The summed E-state index contributed by atoms with van der Waals surface area (Å²) in [5.41, 5.74) is 1.13. The molecule has 0 bridgehead atoms. The monoisotopic (exact) mass is 302 g/mol. The van der Waals surface area contributed by atoms with Crippen LogP contribution in [0.4, 0.5) is 4.79 Å². The van der Waals surface area contributed by atoms with Gasteiger partial charge in [-0.3, -0.25) is 0 Å². The summed E-state index contributed by atoms with van der Waals surface area (Å²) in [7, 11) is 0. The Labute approximate surface area is 131 Å². The van der Waals surface area contributed by atoms with Crippen molar-refractivity contribution in [1.29, 1.82) is 5.26 Å². The van der Waals surface area contributed by atoms with E-state index in [0.717, 1.165) is 5.56 Å². The molecule has 1 aliphatic heterocycles. The van der Waals surface area contributed by atoms with E-state index in [-0.39, 0.29) is 6.09 Å². The van der Waals surface area contributed by atoms with Gasteiger partial charge in [0, 0.05) is 19.0 Å². The summed E-state index contributed by atoms with van der Waals surface area (Å²) >= 11 is 0. The van der Waals surface area contributed by atoms with Gasteiger partial charge in [-0.05, 0) is 51.5 Å². The van der Waals surface area contributed by atoms with Crippen molar-refractivity contribution in [2.75, 3.05) is 19.7 Å². The highest BCUT2D eigenvalue weighted by Crippen LogP contribution is 2.22. The Morgan fingerprint density at radius 3 is 2.64 bits per heavy atom. The maximum absolute atomic E-state index is 11.8. The molecule has 1 amide bonds. The van der Waals surface area contributed by atoms with E-state index in [1.54, 1.807) is 11.0 Å². The average molecular weight is 302 g/mol. The van der Waals surface area contributed by atoms with Crippen molar-refractivity contribution in [3.05, 3.63) is 29.3 Å². The minimum Gasteiger partial charge on any atom is -0.493 e. The summed E-state index contributed by atoms with van der Waals surface area (Å²) in [5.74, 6) is 1.01. The number of aryl methyl sites for hydroxylation is 1. The number of likely N-dealkylation sites (tertiary alicyclic amines) is 1. The molecule has 1 saturated heterocycles. The first-order chi connectivity index (χ1) is 10.3. The molecular formula is C17H22N2O3. The maximum Gasteiger partial charge on any atom is 0.410 e. The number of nitrogens with zero attached hydrogens (tertiary/aromatic N) is 2. The van der Waals surface area contributed by atoms with E-state index in [1.165, 1.54) is 0 Å². The highest BCUT2D eigenvalue weighted by molar-refractivity contribution is 5.69. The molecule has 1 heterocycles. The molecule has 0 N–H and O–H groups in total. The van der Waals surface area contributed by atoms with Gasteiger partial charge >= 0.3 is 6.09 Å². The molecule has 0 spiro atoms. The van der Waals surface area contributed by atoms with Crippen LogP contribution in [-0.2, 0) is 4.74 Å². The van der Waals surface area contributed by atoms with Crippen LogP contribution in [-0.4, -0.2) is 36.3 Å². The van der Waals surface area contributed by atoms with Gasteiger partial charge in [0.1, 0.15) is 11.4 Å². The van der Waals surface area contributed by atoms with E-state index in [0.29, 0.717) is 36.9 Å². The molecule has 5 heteroatoms. The van der Waals surface area contributed by atoms with Crippen molar-refractivity contribution in [3.8, 4) is 11.8 Å². The molecular weight excluding hydrogens is 280 g/mol. The van der Waals surface area contributed by atoms with Crippen molar-refractivity contribution in [3.63, 3.8) is 0 Å². The van der Waals surface area contributed by atoms with Gasteiger partial charge in [-0.25, -0.2) is 4.79 Å². The zero-order valence-corrected chi connectivity index (χ0v) is 13.5. The second-order valence-electron chi connectivity index (χ2n) is 6.71. The number of amides is 1. The number of carbonyl (C=O) groups excluding carboxylic acids is 1. The van der Waals surface area contributed by atoms with Crippen LogP contribution in [0.1, 0.15) is 31.9 Å². The maximum atomic E-state index is 11.8. The predicted octanol–water partition coefficient (Wildman–Crippen LogP) is 3.11. The summed E-state index contributed by atoms with van der Waals surface area (Å²) in [4.78, 5) is 13.5. The third kappa shape index (κ3) is 4.39. The van der Waals surface area contributed by atoms with Crippen LogP contribution in [0.15, 0.2) is 18.2 Å². The minimum atomic E-state index is -0.464. The zero-order valence-electron chi connectivity index (χ0n) is 13.5. The van der Waals surface area contributed by atoms with Crippen molar-refractivity contribution in [2.24, 2.45) is 5.92 Å². The molecule has 1 aliphatic rings. The number of carbonyl (C=O) groups is 1. The molecule has 1 aromatic carbocycles. The van der Waals surface area contributed by atoms with Crippen LogP contribution in [0.25, 0.3) is 0 Å². The Morgan fingerprint density at radius 2 is 2.05 bits per heavy atom. The molecule has 0 saturated carbocycles. The van der Waals surface area contributed by atoms with E-state index >= 15 is 0 Å². The van der Waals surface area contributed by atoms with Gasteiger partial charge in [-0.15, -0.1) is 0 Å². The third-order valence-corrected chi connectivity index (χ3v) is 3.27. The fraction of sp³-hybridized carbons (Fsp3) is 0.529. The topological polar surface area (TPSA) is 62.6 Å². The lowest BCUT2D eigenvalue weighted by atomic mass is 10.0. The van der Waals surface area contributed by atoms with Crippen LogP contribution in [0.2, 0.25) is 0 Å². The largest absolute Gasteiger partial charge is 0.493 e. The number of nitriles is 1. The van der Waals surface area contributed by atoms with Crippen LogP contribution < -0.4 is 4.74 Å². The lowest BCUT2D eigenvalue weighted by Gasteiger charge is -2.39. The van der Waals surface area contributed by atoms with Gasteiger partial charge < -0.3 is 14.4 Å². The van der Waals surface area contributed by atoms with Crippen molar-refractivity contribution < 1.29 is 14.3 Å². The first-order valence-electron chi connectivity index (χ1n) is 7.39. The Morgan fingerprint density at radius 1 is 1.36 bits per heavy atom. The summed E-state index contributed by atoms with van der Waals surface area (Å²) < 4.78 is 11.0. The molecule has 0 aromatic heterocycles. The quantitative estimate of drug-likeness (QED) is 0.860. The molecule has 22 heavy (non-hydrogen) atoms.